The molecule has 0 bridgehead atoms. The van der Waals surface area contributed by atoms with Crippen molar-refractivity contribution in [1.29, 1.82) is 0 Å². The first-order valence-electron chi connectivity index (χ1n) is 11.2. The molecule has 0 spiro atoms. The van der Waals surface area contributed by atoms with Gasteiger partial charge < -0.3 is 31.6 Å². The first-order chi connectivity index (χ1) is 18.8. The Labute approximate surface area is 240 Å². The second-order valence-corrected chi connectivity index (χ2v) is 12.2. The maximum atomic E-state index is 12.4. The number of nitrogens with two attached hydrogens (primary N) is 2. The van der Waals surface area contributed by atoms with E-state index in [0.717, 1.165) is 11.1 Å². The third kappa shape index (κ3) is 8.19. The van der Waals surface area contributed by atoms with Crippen molar-refractivity contribution in [3.63, 3.8) is 0 Å². The minimum absolute atomic E-state index is 0.164. The largest absolute Gasteiger partial charge is 0.495 e. The number of thioether (sulfide) groups is 2. The van der Waals surface area contributed by atoms with Crippen LogP contribution in [0.25, 0.3) is 0 Å². The molecule has 2 aromatic carbocycles. The predicted octanol–water partition coefficient (Wildman–Crippen LogP) is 3.62. The number of aromatic nitrogens is 4. The molecule has 4 aromatic rings. The van der Waals surface area contributed by atoms with Crippen molar-refractivity contribution >= 4 is 79.6 Å². The normalized spacial score (nSPS) is 10.7. The Morgan fingerprint density at radius 3 is 1.56 bits per heavy atom. The Morgan fingerprint density at radius 2 is 1.21 bits per heavy atom. The van der Waals surface area contributed by atoms with Crippen LogP contribution in [0.1, 0.15) is 11.1 Å². The molecule has 0 unspecified atom stereocenters. The van der Waals surface area contributed by atoms with Gasteiger partial charge in [-0.1, -0.05) is 58.3 Å². The molecule has 2 aromatic heterocycles. The first-order valence-corrected chi connectivity index (χ1v) is 14.8. The Hall–Kier alpha value is -3.60. The second-order valence-electron chi connectivity index (χ2n) is 7.73. The van der Waals surface area contributed by atoms with Crippen LogP contribution in [-0.2, 0) is 16.0 Å². The molecule has 0 aliphatic heterocycles. The maximum Gasteiger partial charge on any atom is 0.234 e. The van der Waals surface area contributed by atoms with Gasteiger partial charge in [0.05, 0.1) is 37.1 Å². The summed E-state index contributed by atoms with van der Waals surface area (Å²) >= 11 is 4.98. The number of carbonyl (C=O) groups excluding carboxylic acids is 2. The van der Waals surface area contributed by atoms with E-state index >= 15 is 0 Å². The molecule has 0 saturated heterocycles. The number of benzene rings is 2. The lowest BCUT2D eigenvalue weighted by Crippen LogP contribution is -2.15. The average Bonchev–Trinajstić information content (AvgIpc) is 3.55. The third-order valence-electron chi connectivity index (χ3n) is 4.99. The number of ether oxygens (including phenoxy) is 2. The molecule has 0 aliphatic rings. The summed E-state index contributed by atoms with van der Waals surface area (Å²) in [7, 11) is 3.10. The summed E-state index contributed by atoms with van der Waals surface area (Å²) in [6.07, 6.45) is 0.581. The summed E-state index contributed by atoms with van der Waals surface area (Å²) in [6, 6.07) is 11.2. The van der Waals surface area contributed by atoms with E-state index in [1.54, 1.807) is 26.4 Å². The van der Waals surface area contributed by atoms with Gasteiger partial charge in [0, 0.05) is 0 Å². The minimum atomic E-state index is -0.201. The van der Waals surface area contributed by atoms with Crippen molar-refractivity contribution in [3.05, 3.63) is 47.5 Å². The Morgan fingerprint density at radius 1 is 0.769 bits per heavy atom. The predicted molar refractivity (Wildman–Crippen MR) is 156 cm³/mol. The fourth-order valence-electron chi connectivity index (χ4n) is 3.32. The van der Waals surface area contributed by atoms with Crippen molar-refractivity contribution in [2.45, 2.75) is 15.1 Å². The van der Waals surface area contributed by atoms with Crippen molar-refractivity contribution in [2.75, 3.05) is 47.8 Å². The van der Waals surface area contributed by atoms with Crippen LogP contribution in [0.5, 0.6) is 11.5 Å². The summed E-state index contributed by atoms with van der Waals surface area (Å²) in [4.78, 5) is 24.8. The van der Waals surface area contributed by atoms with Crippen LogP contribution >= 0.6 is 46.2 Å². The molecule has 0 fully saturated rings. The van der Waals surface area contributed by atoms with Crippen LogP contribution < -0.4 is 31.6 Å². The molecule has 0 saturated carbocycles. The van der Waals surface area contributed by atoms with E-state index in [0.29, 0.717) is 48.2 Å². The molecule has 2 heterocycles. The van der Waals surface area contributed by atoms with Gasteiger partial charge in [-0.25, -0.2) is 0 Å². The van der Waals surface area contributed by atoms with Gasteiger partial charge >= 0.3 is 0 Å². The number of rotatable bonds is 12. The van der Waals surface area contributed by atoms with Crippen LogP contribution in [0, 0.1) is 0 Å². The van der Waals surface area contributed by atoms with Gasteiger partial charge in [0.15, 0.2) is 8.68 Å². The van der Waals surface area contributed by atoms with E-state index in [9.17, 15) is 9.59 Å². The number of nitrogen functional groups attached to an aromatic ring is 2. The molecule has 2 amide bonds. The topological polar surface area (TPSA) is 180 Å². The first kappa shape index (κ1) is 28.4. The Bertz CT molecular complexity index is 1350. The summed E-state index contributed by atoms with van der Waals surface area (Å²) in [5, 5.41) is 21.7. The zero-order valence-corrected chi connectivity index (χ0v) is 24.1. The van der Waals surface area contributed by atoms with E-state index in [-0.39, 0.29) is 23.3 Å². The molecular weight excluding hydrogens is 581 g/mol. The molecule has 0 radical (unpaired) electrons. The van der Waals surface area contributed by atoms with Gasteiger partial charge in [-0.05, 0) is 41.8 Å². The van der Waals surface area contributed by atoms with Crippen LogP contribution in [0.15, 0.2) is 45.1 Å². The molecular formula is C23H24N8O4S4. The molecule has 6 N–H and O–H groups in total. The number of hydrogen-bond donors (Lipinski definition) is 4. The lowest BCUT2D eigenvalue weighted by Gasteiger charge is -2.14. The fourth-order valence-corrected chi connectivity index (χ4v) is 6.19. The fraction of sp³-hybridized carbons (Fsp3) is 0.217. The van der Waals surface area contributed by atoms with Crippen LogP contribution in [0.2, 0.25) is 0 Å². The lowest BCUT2D eigenvalue weighted by atomic mass is 10.0. The highest BCUT2D eigenvalue weighted by Crippen LogP contribution is 2.31. The second kappa shape index (κ2) is 13.5. The minimum Gasteiger partial charge on any atom is -0.495 e. The van der Waals surface area contributed by atoms with Crippen molar-refractivity contribution in [3.8, 4) is 11.5 Å². The average molecular weight is 605 g/mol. The molecule has 204 valence electrons. The summed E-state index contributed by atoms with van der Waals surface area (Å²) < 4.78 is 12.3. The van der Waals surface area contributed by atoms with Crippen molar-refractivity contribution < 1.29 is 19.1 Å². The number of amides is 2. The summed E-state index contributed by atoms with van der Waals surface area (Å²) in [6.45, 7) is 0. The van der Waals surface area contributed by atoms with Gasteiger partial charge in [0.25, 0.3) is 0 Å². The number of anilines is 4. The van der Waals surface area contributed by atoms with Gasteiger partial charge in [-0.2, -0.15) is 0 Å². The summed E-state index contributed by atoms with van der Waals surface area (Å²) in [5.41, 5.74) is 14.2. The van der Waals surface area contributed by atoms with Crippen LogP contribution in [0.4, 0.5) is 21.6 Å². The van der Waals surface area contributed by atoms with E-state index in [2.05, 4.69) is 31.0 Å². The van der Waals surface area contributed by atoms with Crippen molar-refractivity contribution in [2.24, 2.45) is 0 Å². The molecule has 16 heteroatoms. The van der Waals surface area contributed by atoms with Gasteiger partial charge in [-0.15, -0.1) is 20.4 Å². The van der Waals surface area contributed by atoms with Gasteiger partial charge in [0.1, 0.15) is 11.5 Å². The number of carbonyl (C=O) groups is 2. The third-order valence-corrected chi connectivity index (χ3v) is 8.76. The van der Waals surface area contributed by atoms with E-state index in [1.165, 1.54) is 46.2 Å². The van der Waals surface area contributed by atoms with Crippen LogP contribution in [-0.4, -0.2) is 57.9 Å². The van der Waals surface area contributed by atoms with E-state index in [4.69, 9.17) is 20.9 Å². The molecule has 0 aliphatic carbocycles. The van der Waals surface area contributed by atoms with Crippen molar-refractivity contribution in [1.82, 2.24) is 20.4 Å². The number of nitrogens with zero attached hydrogens (tertiary/aromatic N) is 4. The lowest BCUT2D eigenvalue weighted by molar-refractivity contribution is -0.114. The summed E-state index contributed by atoms with van der Waals surface area (Å²) in [5.74, 6) is 1.00. The van der Waals surface area contributed by atoms with Gasteiger partial charge in [-0.3, -0.25) is 9.59 Å². The Balaban J connectivity index is 1.35. The molecule has 39 heavy (non-hydrogen) atoms. The maximum absolute atomic E-state index is 12.4. The number of nitrogens with one attached hydrogen (secondary N) is 2. The zero-order valence-electron chi connectivity index (χ0n) is 20.8. The standard InChI is InChI=1S/C23H24N8O4S4/c1-34-16-8-12(3-5-14(16)26-18(32)10-36-22-30-28-20(24)38-22)7-13-4-6-15(17(9-13)35-2)27-19(33)11-37-23-31-29-21(25)39-23/h3-6,8-9H,7,10-11H2,1-2H3,(H2,24,28)(H2,25,29)(H,26,32)(H,27,33). The number of methoxy groups -OCH3 is 2. The highest BCUT2D eigenvalue weighted by Gasteiger charge is 2.14. The molecule has 12 nitrogen and oxygen atoms in total. The highest BCUT2D eigenvalue weighted by molar-refractivity contribution is 8.02. The molecule has 4 rings (SSSR count). The van der Waals surface area contributed by atoms with Crippen LogP contribution in [0.3, 0.4) is 0 Å². The Kier molecular flexibility index (Phi) is 9.80. The molecule has 0 atom stereocenters. The van der Waals surface area contributed by atoms with E-state index in [1.807, 2.05) is 24.3 Å². The number of hydrogen-bond acceptors (Lipinski definition) is 14. The van der Waals surface area contributed by atoms with Gasteiger partial charge in [0.2, 0.25) is 22.1 Å². The van der Waals surface area contributed by atoms with E-state index < -0.39 is 0 Å². The zero-order chi connectivity index (χ0) is 27.8. The smallest absolute Gasteiger partial charge is 0.234 e. The SMILES string of the molecule is COc1cc(Cc2ccc(NC(=O)CSc3nnc(N)s3)c(OC)c2)ccc1NC(=O)CSc1nnc(N)s1. The highest BCUT2D eigenvalue weighted by atomic mass is 32.2. The quantitative estimate of drug-likeness (QED) is 0.173. The monoisotopic (exact) mass is 604 g/mol.